The molecule has 2 heteroatoms. The number of rotatable bonds is 1. The van der Waals surface area contributed by atoms with E-state index in [0.29, 0.717) is 0 Å². The van der Waals surface area contributed by atoms with E-state index < -0.39 is 0 Å². The van der Waals surface area contributed by atoms with Crippen LogP contribution in [0.4, 0.5) is 0 Å². The van der Waals surface area contributed by atoms with Gasteiger partial charge in [-0.1, -0.05) is 6.92 Å². The van der Waals surface area contributed by atoms with Crippen LogP contribution in [-0.4, -0.2) is 11.6 Å². The van der Waals surface area contributed by atoms with Crippen LogP contribution in [0.3, 0.4) is 0 Å². The van der Waals surface area contributed by atoms with E-state index in [9.17, 15) is 4.79 Å². The van der Waals surface area contributed by atoms with Crippen molar-refractivity contribution in [2.75, 3.05) is 0 Å². The summed E-state index contributed by atoms with van der Waals surface area (Å²) < 4.78 is 5.37. The molecule has 1 aliphatic rings. The van der Waals surface area contributed by atoms with E-state index in [1.807, 2.05) is 20.8 Å². The van der Waals surface area contributed by atoms with Gasteiger partial charge in [-0.25, -0.2) is 0 Å². The van der Waals surface area contributed by atoms with Gasteiger partial charge in [0.2, 0.25) is 0 Å². The van der Waals surface area contributed by atoms with Gasteiger partial charge in [0.05, 0.1) is 5.92 Å². The van der Waals surface area contributed by atoms with Gasteiger partial charge >= 0.3 is 5.97 Å². The molecule has 0 heterocycles. The van der Waals surface area contributed by atoms with E-state index >= 15 is 0 Å². The van der Waals surface area contributed by atoms with Gasteiger partial charge < -0.3 is 4.74 Å². The van der Waals surface area contributed by atoms with Crippen LogP contribution in [-0.2, 0) is 9.53 Å². The molecular formula is C12H22O2. The Morgan fingerprint density at radius 3 is 2.07 bits per heavy atom. The Labute approximate surface area is 87.0 Å². The van der Waals surface area contributed by atoms with E-state index in [2.05, 4.69) is 6.92 Å². The fourth-order valence-electron chi connectivity index (χ4n) is 1.88. The maximum absolute atomic E-state index is 11.7. The number of hydrogen-bond acceptors (Lipinski definition) is 2. The molecule has 1 aliphatic carbocycles. The first-order valence-corrected chi connectivity index (χ1v) is 5.61. The van der Waals surface area contributed by atoms with Crippen molar-refractivity contribution in [1.29, 1.82) is 0 Å². The summed E-state index contributed by atoms with van der Waals surface area (Å²) in [5.74, 6) is 0.948. The van der Waals surface area contributed by atoms with Crippen molar-refractivity contribution in [2.24, 2.45) is 11.8 Å². The zero-order valence-electron chi connectivity index (χ0n) is 9.80. The summed E-state index contributed by atoms with van der Waals surface area (Å²) in [4.78, 5) is 11.7. The minimum absolute atomic E-state index is 0.00407. The van der Waals surface area contributed by atoms with Gasteiger partial charge in [0.15, 0.2) is 0 Å². The van der Waals surface area contributed by atoms with Gasteiger partial charge in [-0.2, -0.15) is 0 Å². The predicted octanol–water partition coefficient (Wildman–Crippen LogP) is 3.15. The van der Waals surface area contributed by atoms with Crippen molar-refractivity contribution in [3.8, 4) is 0 Å². The van der Waals surface area contributed by atoms with Crippen LogP contribution in [0, 0.1) is 11.8 Å². The zero-order chi connectivity index (χ0) is 10.8. The minimum Gasteiger partial charge on any atom is -0.460 e. The lowest BCUT2D eigenvalue weighted by Gasteiger charge is -2.28. The second-order valence-corrected chi connectivity index (χ2v) is 5.49. The zero-order valence-corrected chi connectivity index (χ0v) is 9.80. The average molecular weight is 198 g/mol. The Morgan fingerprint density at radius 1 is 1.14 bits per heavy atom. The first-order chi connectivity index (χ1) is 6.38. The molecule has 1 fully saturated rings. The van der Waals surface area contributed by atoms with Crippen LogP contribution in [0.15, 0.2) is 0 Å². The molecule has 0 unspecified atom stereocenters. The average Bonchev–Trinajstić information content (AvgIpc) is 2.02. The van der Waals surface area contributed by atoms with E-state index in [4.69, 9.17) is 4.74 Å². The van der Waals surface area contributed by atoms with Crippen LogP contribution in [0.5, 0.6) is 0 Å². The topological polar surface area (TPSA) is 26.3 Å². The maximum Gasteiger partial charge on any atom is 0.309 e. The number of carbonyl (C=O) groups is 1. The third-order valence-electron chi connectivity index (χ3n) is 2.76. The van der Waals surface area contributed by atoms with Gasteiger partial charge in [0, 0.05) is 0 Å². The molecule has 82 valence electrons. The van der Waals surface area contributed by atoms with Gasteiger partial charge in [-0.05, 0) is 52.4 Å². The van der Waals surface area contributed by atoms with E-state index in [1.165, 1.54) is 12.8 Å². The third kappa shape index (κ3) is 3.69. The molecule has 0 bridgehead atoms. The fraction of sp³-hybridized carbons (Fsp3) is 0.917. The molecule has 0 N–H and O–H groups in total. The highest BCUT2D eigenvalue weighted by molar-refractivity contribution is 5.72. The number of esters is 1. The largest absolute Gasteiger partial charge is 0.460 e. The highest BCUT2D eigenvalue weighted by Crippen LogP contribution is 2.29. The van der Waals surface area contributed by atoms with Gasteiger partial charge in [-0.15, -0.1) is 0 Å². The van der Waals surface area contributed by atoms with Crippen molar-refractivity contribution in [3.63, 3.8) is 0 Å². The molecule has 0 spiro atoms. The molecule has 0 aromatic rings. The summed E-state index contributed by atoms with van der Waals surface area (Å²) in [5.41, 5.74) is -0.333. The summed E-state index contributed by atoms with van der Waals surface area (Å²) in [6, 6.07) is 0. The molecule has 0 saturated heterocycles. The highest BCUT2D eigenvalue weighted by atomic mass is 16.6. The Bertz CT molecular complexity index is 195. The standard InChI is InChI=1S/C12H22O2/c1-9-5-7-10(8-6-9)11(13)14-12(2,3)4/h9-10H,5-8H2,1-4H3. The molecule has 0 atom stereocenters. The second-order valence-electron chi connectivity index (χ2n) is 5.49. The third-order valence-corrected chi connectivity index (χ3v) is 2.76. The molecule has 14 heavy (non-hydrogen) atoms. The van der Waals surface area contributed by atoms with Crippen molar-refractivity contribution in [2.45, 2.75) is 59.0 Å². The van der Waals surface area contributed by atoms with Gasteiger partial charge in [0.1, 0.15) is 5.60 Å². The Hall–Kier alpha value is -0.530. The highest BCUT2D eigenvalue weighted by Gasteiger charge is 2.28. The SMILES string of the molecule is CC1CCC(C(=O)OC(C)(C)C)CC1. The van der Waals surface area contributed by atoms with Crippen molar-refractivity contribution in [3.05, 3.63) is 0 Å². The summed E-state index contributed by atoms with van der Waals surface area (Å²) in [6.45, 7) is 8.04. The summed E-state index contributed by atoms with van der Waals surface area (Å²) in [5, 5.41) is 0. The lowest BCUT2D eigenvalue weighted by atomic mass is 9.83. The predicted molar refractivity (Wildman–Crippen MR) is 57.0 cm³/mol. The van der Waals surface area contributed by atoms with Crippen molar-refractivity contribution >= 4 is 5.97 Å². The monoisotopic (exact) mass is 198 g/mol. The van der Waals surface area contributed by atoms with Crippen LogP contribution in [0.25, 0.3) is 0 Å². The molecular weight excluding hydrogens is 176 g/mol. The molecule has 1 saturated carbocycles. The molecule has 2 nitrogen and oxygen atoms in total. The first-order valence-electron chi connectivity index (χ1n) is 5.61. The minimum atomic E-state index is -0.333. The van der Waals surface area contributed by atoms with E-state index in [0.717, 1.165) is 18.8 Å². The van der Waals surface area contributed by atoms with E-state index in [1.54, 1.807) is 0 Å². The normalized spacial score (nSPS) is 28.6. The number of carbonyl (C=O) groups excluding carboxylic acids is 1. The lowest BCUT2D eigenvalue weighted by molar-refractivity contribution is -0.161. The second kappa shape index (κ2) is 4.33. The smallest absolute Gasteiger partial charge is 0.309 e. The van der Waals surface area contributed by atoms with E-state index in [-0.39, 0.29) is 17.5 Å². The maximum atomic E-state index is 11.7. The molecule has 0 amide bonds. The van der Waals surface area contributed by atoms with Crippen molar-refractivity contribution < 1.29 is 9.53 Å². The molecule has 0 aromatic carbocycles. The Morgan fingerprint density at radius 2 is 1.64 bits per heavy atom. The molecule has 0 aliphatic heterocycles. The summed E-state index contributed by atoms with van der Waals surface area (Å²) >= 11 is 0. The lowest BCUT2D eigenvalue weighted by Crippen LogP contribution is -2.30. The number of hydrogen-bond donors (Lipinski definition) is 0. The summed E-state index contributed by atoms with van der Waals surface area (Å²) in [6.07, 6.45) is 4.36. The molecule has 1 rings (SSSR count). The van der Waals surface area contributed by atoms with Crippen molar-refractivity contribution in [1.82, 2.24) is 0 Å². The quantitative estimate of drug-likeness (QED) is 0.605. The van der Waals surface area contributed by atoms with Gasteiger partial charge in [0.25, 0.3) is 0 Å². The Balaban J connectivity index is 2.38. The molecule has 0 radical (unpaired) electrons. The Kier molecular flexibility index (Phi) is 3.57. The molecule has 0 aromatic heterocycles. The summed E-state index contributed by atoms with van der Waals surface area (Å²) in [7, 11) is 0. The van der Waals surface area contributed by atoms with Crippen LogP contribution >= 0.6 is 0 Å². The fourth-order valence-corrected chi connectivity index (χ4v) is 1.88. The van der Waals surface area contributed by atoms with Crippen LogP contribution in [0.2, 0.25) is 0 Å². The van der Waals surface area contributed by atoms with Gasteiger partial charge in [-0.3, -0.25) is 4.79 Å². The first kappa shape index (κ1) is 11.5. The number of ether oxygens (including phenoxy) is 1. The van der Waals surface area contributed by atoms with Crippen LogP contribution in [0.1, 0.15) is 53.4 Å². The van der Waals surface area contributed by atoms with Crippen LogP contribution < -0.4 is 0 Å².